The number of rotatable bonds is 7. The van der Waals surface area contributed by atoms with Gasteiger partial charge in [-0.05, 0) is 48.4 Å². The summed E-state index contributed by atoms with van der Waals surface area (Å²) in [5.41, 5.74) is 6.64. The Kier molecular flexibility index (Phi) is 5.89. The summed E-state index contributed by atoms with van der Waals surface area (Å²) in [4.78, 5) is 23.6. The summed E-state index contributed by atoms with van der Waals surface area (Å²) in [6, 6.07) is 16.9. The predicted octanol–water partition coefficient (Wildman–Crippen LogP) is 4.26. The van der Waals surface area contributed by atoms with E-state index in [1.54, 1.807) is 10.7 Å². The highest BCUT2D eigenvalue weighted by molar-refractivity contribution is 6.00. The van der Waals surface area contributed by atoms with Crippen molar-refractivity contribution in [2.45, 2.75) is 26.2 Å². The molecular formula is C22H21FN2O3. The number of amides is 1. The van der Waals surface area contributed by atoms with Gasteiger partial charge in [0.05, 0.1) is 12.1 Å². The van der Waals surface area contributed by atoms with Crippen LogP contribution in [0.25, 0.3) is 11.3 Å². The number of carboxylic acid groups (broad SMARTS) is 1. The Balaban J connectivity index is 1.94. The van der Waals surface area contributed by atoms with Gasteiger partial charge in [-0.15, -0.1) is 0 Å². The first-order valence-corrected chi connectivity index (χ1v) is 9.06. The van der Waals surface area contributed by atoms with Crippen LogP contribution in [0.15, 0.2) is 60.7 Å². The molecule has 0 unspecified atom stereocenters. The van der Waals surface area contributed by atoms with E-state index < -0.39 is 17.7 Å². The second-order valence-electron chi connectivity index (χ2n) is 6.44. The number of nitrogens with zero attached hydrogens (tertiary/aromatic N) is 1. The third kappa shape index (κ3) is 4.46. The average Bonchev–Trinajstić information content (AvgIpc) is 3.09. The van der Waals surface area contributed by atoms with Gasteiger partial charge >= 0.3 is 5.97 Å². The number of carbonyl (C=O) groups is 2. The van der Waals surface area contributed by atoms with Crippen LogP contribution in [0.4, 0.5) is 4.39 Å². The van der Waals surface area contributed by atoms with Gasteiger partial charge in [-0.2, -0.15) is 0 Å². The largest absolute Gasteiger partial charge is 0.481 e. The Labute approximate surface area is 162 Å². The maximum Gasteiger partial charge on any atom is 0.303 e. The molecule has 0 spiro atoms. The lowest BCUT2D eigenvalue weighted by atomic mass is 10.1. The van der Waals surface area contributed by atoms with E-state index >= 15 is 0 Å². The number of hydrogen-bond acceptors (Lipinski definition) is 2. The molecule has 144 valence electrons. The van der Waals surface area contributed by atoms with Gasteiger partial charge in [0, 0.05) is 23.2 Å². The van der Waals surface area contributed by atoms with Gasteiger partial charge in [-0.25, -0.2) is 4.39 Å². The lowest BCUT2D eigenvalue weighted by molar-refractivity contribution is -0.136. The minimum atomic E-state index is -0.911. The second kappa shape index (κ2) is 8.52. The van der Waals surface area contributed by atoms with E-state index in [-0.39, 0.29) is 12.8 Å². The molecule has 1 heterocycles. The summed E-state index contributed by atoms with van der Waals surface area (Å²) in [5.74, 6) is -1.73. The van der Waals surface area contributed by atoms with Crippen molar-refractivity contribution in [1.82, 2.24) is 4.68 Å². The van der Waals surface area contributed by atoms with Gasteiger partial charge in [0.25, 0.3) is 5.91 Å². The van der Waals surface area contributed by atoms with Crippen LogP contribution >= 0.6 is 0 Å². The van der Waals surface area contributed by atoms with E-state index in [4.69, 9.17) is 5.11 Å². The molecule has 0 atom stereocenters. The maximum absolute atomic E-state index is 13.1. The first-order chi connectivity index (χ1) is 13.5. The number of nitrogens with one attached hydrogen (secondary N) is 1. The SMILES string of the molecule is CCc1ccc(-c2ccc(CCC(=O)O)n2NC(=O)c2ccc(F)cc2)cc1. The molecule has 28 heavy (non-hydrogen) atoms. The van der Waals surface area contributed by atoms with Gasteiger partial charge in [0.2, 0.25) is 0 Å². The molecule has 6 heteroatoms. The predicted molar refractivity (Wildman–Crippen MR) is 105 cm³/mol. The van der Waals surface area contributed by atoms with Crippen molar-refractivity contribution in [3.8, 4) is 11.3 Å². The Bertz CT molecular complexity index is 976. The molecule has 0 saturated heterocycles. The molecule has 2 N–H and O–H groups in total. The highest BCUT2D eigenvalue weighted by atomic mass is 19.1. The number of carboxylic acids is 1. The number of carbonyl (C=O) groups excluding carboxylic acids is 1. The fourth-order valence-electron chi connectivity index (χ4n) is 2.94. The van der Waals surface area contributed by atoms with Crippen LogP contribution in [-0.4, -0.2) is 21.7 Å². The monoisotopic (exact) mass is 380 g/mol. The van der Waals surface area contributed by atoms with E-state index in [2.05, 4.69) is 12.3 Å². The summed E-state index contributed by atoms with van der Waals surface area (Å²) in [5, 5.41) is 9.00. The van der Waals surface area contributed by atoms with Gasteiger partial charge in [-0.1, -0.05) is 31.2 Å². The van der Waals surface area contributed by atoms with Crippen LogP contribution in [0, 0.1) is 5.82 Å². The van der Waals surface area contributed by atoms with Crippen LogP contribution in [0.5, 0.6) is 0 Å². The molecule has 0 aliphatic carbocycles. The van der Waals surface area contributed by atoms with Crippen molar-refractivity contribution >= 4 is 11.9 Å². The van der Waals surface area contributed by atoms with Crippen molar-refractivity contribution in [2.75, 3.05) is 5.43 Å². The Morgan fingerprint density at radius 2 is 1.68 bits per heavy atom. The fraction of sp³-hybridized carbons (Fsp3) is 0.182. The number of aromatic nitrogens is 1. The molecule has 1 aromatic heterocycles. The Morgan fingerprint density at radius 3 is 2.29 bits per heavy atom. The molecule has 5 nitrogen and oxygen atoms in total. The molecule has 0 saturated carbocycles. The van der Waals surface area contributed by atoms with E-state index in [0.29, 0.717) is 11.3 Å². The summed E-state index contributed by atoms with van der Waals surface area (Å²) >= 11 is 0. The molecular weight excluding hydrogens is 359 g/mol. The standard InChI is InChI=1S/C22H21FN2O3/c1-2-15-3-5-16(6-4-15)20-13-11-19(12-14-21(26)27)25(20)24-22(28)17-7-9-18(23)10-8-17/h3-11,13H,2,12,14H2,1H3,(H,24,28)(H,26,27). The van der Waals surface area contributed by atoms with Gasteiger partial charge < -0.3 is 5.11 Å². The highest BCUT2D eigenvalue weighted by Gasteiger charge is 2.15. The minimum Gasteiger partial charge on any atom is -0.481 e. The van der Waals surface area contributed by atoms with Crippen molar-refractivity contribution in [2.24, 2.45) is 0 Å². The van der Waals surface area contributed by atoms with Crippen LogP contribution in [0.1, 0.15) is 35.0 Å². The number of aliphatic carboxylic acids is 1. The van der Waals surface area contributed by atoms with Crippen LogP contribution in [0.2, 0.25) is 0 Å². The first-order valence-electron chi connectivity index (χ1n) is 9.06. The number of aryl methyl sites for hydroxylation is 2. The molecule has 3 aromatic rings. The van der Waals surface area contributed by atoms with Crippen LogP contribution < -0.4 is 5.43 Å². The molecule has 0 bridgehead atoms. The zero-order valence-corrected chi connectivity index (χ0v) is 15.5. The fourth-order valence-corrected chi connectivity index (χ4v) is 2.94. The number of hydrogen-bond donors (Lipinski definition) is 2. The molecule has 0 fully saturated rings. The van der Waals surface area contributed by atoms with Crippen molar-refractivity contribution < 1.29 is 19.1 Å². The van der Waals surface area contributed by atoms with Crippen LogP contribution in [-0.2, 0) is 17.6 Å². The molecule has 0 aliphatic heterocycles. The van der Waals surface area contributed by atoms with E-state index in [1.807, 2.05) is 30.3 Å². The van der Waals surface area contributed by atoms with Crippen LogP contribution in [0.3, 0.4) is 0 Å². The maximum atomic E-state index is 13.1. The normalized spacial score (nSPS) is 10.6. The van der Waals surface area contributed by atoms with Gasteiger partial charge in [-0.3, -0.25) is 19.7 Å². The second-order valence-corrected chi connectivity index (χ2v) is 6.44. The third-order valence-corrected chi connectivity index (χ3v) is 4.53. The zero-order valence-electron chi connectivity index (χ0n) is 15.5. The highest BCUT2D eigenvalue weighted by Crippen LogP contribution is 2.23. The lowest BCUT2D eigenvalue weighted by Gasteiger charge is -2.15. The van der Waals surface area contributed by atoms with Crippen molar-refractivity contribution in [1.29, 1.82) is 0 Å². The van der Waals surface area contributed by atoms with Gasteiger partial charge in [0.15, 0.2) is 0 Å². The molecule has 1 amide bonds. The summed E-state index contributed by atoms with van der Waals surface area (Å²) < 4.78 is 14.7. The summed E-state index contributed by atoms with van der Waals surface area (Å²) in [6.07, 6.45) is 1.14. The summed E-state index contributed by atoms with van der Waals surface area (Å²) in [6.45, 7) is 2.07. The Morgan fingerprint density at radius 1 is 1.00 bits per heavy atom. The van der Waals surface area contributed by atoms with E-state index in [9.17, 15) is 14.0 Å². The minimum absolute atomic E-state index is 0.0509. The molecule has 0 radical (unpaired) electrons. The van der Waals surface area contributed by atoms with Crippen molar-refractivity contribution in [3.63, 3.8) is 0 Å². The average molecular weight is 380 g/mol. The zero-order chi connectivity index (χ0) is 20.1. The quantitative estimate of drug-likeness (QED) is 0.643. The first kappa shape index (κ1) is 19.4. The summed E-state index contributed by atoms with van der Waals surface area (Å²) in [7, 11) is 0. The molecule has 2 aromatic carbocycles. The van der Waals surface area contributed by atoms with Crippen molar-refractivity contribution in [3.05, 3.63) is 83.3 Å². The van der Waals surface area contributed by atoms with E-state index in [0.717, 1.165) is 17.7 Å². The van der Waals surface area contributed by atoms with E-state index in [1.165, 1.54) is 29.8 Å². The smallest absolute Gasteiger partial charge is 0.303 e. The topological polar surface area (TPSA) is 71.3 Å². The lowest BCUT2D eigenvalue weighted by Crippen LogP contribution is -2.25. The number of halogens is 1. The Hall–Kier alpha value is -3.41. The third-order valence-electron chi connectivity index (χ3n) is 4.53. The molecule has 3 rings (SSSR count). The van der Waals surface area contributed by atoms with Gasteiger partial charge in [0.1, 0.15) is 5.82 Å². The number of benzene rings is 2. The molecule has 0 aliphatic rings.